The van der Waals surface area contributed by atoms with E-state index in [-0.39, 0.29) is 11.8 Å². The standard InChI is InChI=1S/C14H22N4O/c1-9(2)12-8-10(3)17-14(18-12)16-7-6-15-13(19)11-4-5-11/h8-9,11H,4-7H2,1-3H3,(H,15,19)(H,16,17,18). The summed E-state index contributed by atoms with van der Waals surface area (Å²) in [6.45, 7) is 7.46. The third-order valence-electron chi connectivity index (χ3n) is 3.12. The highest BCUT2D eigenvalue weighted by Gasteiger charge is 2.28. The van der Waals surface area contributed by atoms with E-state index in [0.717, 1.165) is 24.2 Å². The third kappa shape index (κ3) is 4.19. The zero-order chi connectivity index (χ0) is 13.8. The van der Waals surface area contributed by atoms with Crippen molar-refractivity contribution in [2.24, 2.45) is 5.92 Å². The fraction of sp³-hybridized carbons (Fsp3) is 0.643. The van der Waals surface area contributed by atoms with Gasteiger partial charge in [0.25, 0.3) is 0 Å². The second-order valence-corrected chi connectivity index (χ2v) is 5.40. The van der Waals surface area contributed by atoms with Crippen LogP contribution in [0.3, 0.4) is 0 Å². The Balaban J connectivity index is 1.80. The number of aryl methyl sites for hydroxylation is 1. The Labute approximate surface area is 114 Å². The number of hydrogen-bond donors (Lipinski definition) is 2. The second kappa shape index (κ2) is 5.99. The molecule has 0 radical (unpaired) electrons. The van der Waals surface area contributed by atoms with Crippen LogP contribution in [0.5, 0.6) is 0 Å². The van der Waals surface area contributed by atoms with Crippen LogP contribution in [0, 0.1) is 12.8 Å². The molecule has 2 N–H and O–H groups in total. The number of carbonyl (C=O) groups excluding carboxylic acids is 1. The van der Waals surface area contributed by atoms with Crippen LogP contribution < -0.4 is 10.6 Å². The predicted octanol–water partition coefficient (Wildman–Crippen LogP) is 1.85. The highest BCUT2D eigenvalue weighted by atomic mass is 16.2. The highest BCUT2D eigenvalue weighted by molar-refractivity contribution is 5.80. The molecule has 1 aromatic heterocycles. The molecule has 1 aliphatic rings. The van der Waals surface area contributed by atoms with Gasteiger partial charge in [-0.3, -0.25) is 4.79 Å². The maximum absolute atomic E-state index is 11.4. The van der Waals surface area contributed by atoms with Gasteiger partial charge in [-0.05, 0) is 31.7 Å². The first-order valence-corrected chi connectivity index (χ1v) is 6.93. The SMILES string of the molecule is Cc1cc(C(C)C)nc(NCCNC(=O)C2CC2)n1. The molecule has 0 unspecified atom stereocenters. The number of carbonyl (C=O) groups is 1. The van der Waals surface area contributed by atoms with E-state index in [1.54, 1.807) is 0 Å². The van der Waals surface area contributed by atoms with Crippen LogP contribution in [0.2, 0.25) is 0 Å². The predicted molar refractivity (Wildman–Crippen MR) is 75.1 cm³/mol. The van der Waals surface area contributed by atoms with Crippen LogP contribution in [-0.4, -0.2) is 29.0 Å². The van der Waals surface area contributed by atoms with Gasteiger partial charge in [-0.15, -0.1) is 0 Å². The summed E-state index contributed by atoms with van der Waals surface area (Å²) in [5.41, 5.74) is 2.00. The fourth-order valence-electron chi connectivity index (χ4n) is 1.82. The molecular formula is C14H22N4O. The lowest BCUT2D eigenvalue weighted by Gasteiger charge is -2.10. The molecule has 5 nitrogen and oxygen atoms in total. The first-order chi connectivity index (χ1) is 9.06. The fourth-order valence-corrected chi connectivity index (χ4v) is 1.82. The number of nitrogens with one attached hydrogen (secondary N) is 2. The number of aromatic nitrogens is 2. The number of hydrogen-bond acceptors (Lipinski definition) is 4. The van der Waals surface area contributed by atoms with Gasteiger partial charge in [0.2, 0.25) is 11.9 Å². The first kappa shape index (κ1) is 13.8. The summed E-state index contributed by atoms with van der Waals surface area (Å²) in [7, 11) is 0. The van der Waals surface area contributed by atoms with Gasteiger partial charge in [0.05, 0.1) is 0 Å². The summed E-state index contributed by atoms with van der Waals surface area (Å²) in [5, 5.41) is 6.07. The maximum Gasteiger partial charge on any atom is 0.223 e. The minimum absolute atomic E-state index is 0.176. The van der Waals surface area contributed by atoms with Crippen molar-refractivity contribution in [3.63, 3.8) is 0 Å². The lowest BCUT2D eigenvalue weighted by molar-refractivity contribution is -0.122. The van der Waals surface area contributed by atoms with E-state index in [2.05, 4.69) is 34.4 Å². The van der Waals surface area contributed by atoms with Crippen molar-refractivity contribution in [1.29, 1.82) is 0 Å². The largest absolute Gasteiger partial charge is 0.354 e. The molecule has 1 amide bonds. The van der Waals surface area contributed by atoms with E-state index >= 15 is 0 Å². The van der Waals surface area contributed by atoms with Gasteiger partial charge in [-0.2, -0.15) is 0 Å². The molecule has 0 bridgehead atoms. The molecule has 104 valence electrons. The van der Waals surface area contributed by atoms with Crippen molar-refractivity contribution >= 4 is 11.9 Å². The van der Waals surface area contributed by atoms with Gasteiger partial charge in [0.15, 0.2) is 0 Å². The zero-order valence-electron chi connectivity index (χ0n) is 11.9. The molecule has 0 spiro atoms. The molecule has 1 saturated carbocycles. The second-order valence-electron chi connectivity index (χ2n) is 5.40. The van der Waals surface area contributed by atoms with Crippen molar-refractivity contribution in [1.82, 2.24) is 15.3 Å². The van der Waals surface area contributed by atoms with Crippen LogP contribution in [0.4, 0.5) is 5.95 Å². The third-order valence-corrected chi connectivity index (χ3v) is 3.12. The van der Waals surface area contributed by atoms with Crippen LogP contribution >= 0.6 is 0 Å². The van der Waals surface area contributed by atoms with Crippen LogP contribution in [-0.2, 0) is 4.79 Å². The van der Waals surface area contributed by atoms with E-state index in [9.17, 15) is 4.79 Å². The molecule has 0 atom stereocenters. The summed E-state index contributed by atoms with van der Waals surface area (Å²) in [4.78, 5) is 20.3. The molecule has 1 aromatic rings. The Morgan fingerprint density at radius 3 is 2.74 bits per heavy atom. The number of nitrogens with zero attached hydrogens (tertiary/aromatic N) is 2. The highest BCUT2D eigenvalue weighted by Crippen LogP contribution is 2.28. The Hall–Kier alpha value is -1.65. The number of rotatable bonds is 6. The number of amides is 1. The minimum atomic E-state index is 0.176. The first-order valence-electron chi connectivity index (χ1n) is 6.93. The average Bonchev–Trinajstić information content (AvgIpc) is 3.17. The summed E-state index contributed by atoms with van der Waals surface area (Å²) in [6.07, 6.45) is 2.08. The summed E-state index contributed by atoms with van der Waals surface area (Å²) in [5.74, 6) is 1.47. The van der Waals surface area contributed by atoms with Crippen molar-refractivity contribution in [3.8, 4) is 0 Å². The van der Waals surface area contributed by atoms with Gasteiger partial charge >= 0.3 is 0 Å². The summed E-state index contributed by atoms with van der Waals surface area (Å²) < 4.78 is 0. The monoisotopic (exact) mass is 262 g/mol. The Kier molecular flexibility index (Phi) is 4.35. The molecule has 0 saturated heterocycles. The van der Waals surface area contributed by atoms with Gasteiger partial charge in [-0.1, -0.05) is 13.8 Å². The van der Waals surface area contributed by atoms with Crippen LogP contribution in [0.1, 0.15) is 44.0 Å². The Bertz CT molecular complexity index is 455. The maximum atomic E-state index is 11.4. The van der Waals surface area contributed by atoms with E-state index < -0.39 is 0 Å². The van der Waals surface area contributed by atoms with Crippen LogP contribution in [0.25, 0.3) is 0 Å². The Morgan fingerprint density at radius 1 is 1.37 bits per heavy atom. The quantitative estimate of drug-likeness (QED) is 0.768. The molecule has 0 aliphatic heterocycles. The molecule has 1 heterocycles. The molecule has 2 rings (SSSR count). The van der Waals surface area contributed by atoms with E-state index in [4.69, 9.17) is 0 Å². The lowest BCUT2D eigenvalue weighted by atomic mass is 10.1. The molecular weight excluding hydrogens is 240 g/mol. The molecule has 5 heteroatoms. The van der Waals surface area contributed by atoms with Gasteiger partial charge in [0.1, 0.15) is 0 Å². The van der Waals surface area contributed by atoms with Gasteiger partial charge in [0, 0.05) is 30.4 Å². The normalized spacial score (nSPS) is 14.5. The van der Waals surface area contributed by atoms with Crippen molar-refractivity contribution in [2.45, 2.75) is 39.5 Å². The topological polar surface area (TPSA) is 66.9 Å². The van der Waals surface area contributed by atoms with Crippen molar-refractivity contribution < 1.29 is 4.79 Å². The summed E-state index contributed by atoms with van der Waals surface area (Å²) in [6, 6.07) is 2.00. The van der Waals surface area contributed by atoms with Crippen molar-refractivity contribution in [2.75, 3.05) is 18.4 Å². The van der Waals surface area contributed by atoms with E-state index in [0.29, 0.717) is 25.0 Å². The average molecular weight is 262 g/mol. The van der Waals surface area contributed by atoms with E-state index in [1.165, 1.54) is 0 Å². The molecule has 1 fully saturated rings. The van der Waals surface area contributed by atoms with Crippen molar-refractivity contribution in [3.05, 3.63) is 17.5 Å². The van der Waals surface area contributed by atoms with Crippen LogP contribution in [0.15, 0.2) is 6.07 Å². The van der Waals surface area contributed by atoms with E-state index in [1.807, 2.05) is 13.0 Å². The Morgan fingerprint density at radius 2 is 2.11 bits per heavy atom. The molecule has 1 aliphatic carbocycles. The van der Waals surface area contributed by atoms with Gasteiger partial charge < -0.3 is 10.6 Å². The van der Waals surface area contributed by atoms with Gasteiger partial charge in [-0.25, -0.2) is 9.97 Å². The minimum Gasteiger partial charge on any atom is -0.354 e. The smallest absolute Gasteiger partial charge is 0.223 e. The number of anilines is 1. The molecule has 0 aromatic carbocycles. The zero-order valence-corrected chi connectivity index (χ0v) is 11.9. The summed E-state index contributed by atoms with van der Waals surface area (Å²) >= 11 is 0. The molecule has 19 heavy (non-hydrogen) atoms. The lowest BCUT2D eigenvalue weighted by Crippen LogP contribution is -2.30.